The molecule has 0 saturated heterocycles. The van der Waals surface area contributed by atoms with E-state index in [9.17, 15) is 9.59 Å². The molecular weight excluding hydrogens is 309 g/mol. The van der Waals surface area contributed by atoms with Crippen molar-refractivity contribution in [1.29, 1.82) is 0 Å². The maximum absolute atomic E-state index is 11.8. The highest BCUT2D eigenvalue weighted by Gasteiger charge is 2.20. The molecule has 0 aliphatic heterocycles. The molecule has 7 heteroatoms. The maximum Gasteiger partial charge on any atom is 0.350 e. The number of carbonyl (C=O) groups excluding carboxylic acids is 1. The van der Waals surface area contributed by atoms with E-state index in [1.165, 1.54) is 0 Å². The zero-order valence-electron chi connectivity index (χ0n) is 9.83. The van der Waals surface area contributed by atoms with Gasteiger partial charge in [0.15, 0.2) is 0 Å². The number of rotatable bonds is 3. The van der Waals surface area contributed by atoms with Crippen LogP contribution in [0.5, 0.6) is 0 Å². The van der Waals surface area contributed by atoms with Crippen LogP contribution in [0.25, 0.3) is 11.3 Å². The summed E-state index contributed by atoms with van der Waals surface area (Å²) in [6, 6.07) is 4.82. The van der Waals surface area contributed by atoms with Gasteiger partial charge in [0.1, 0.15) is 4.88 Å². The van der Waals surface area contributed by atoms with Crippen molar-refractivity contribution < 1.29 is 9.53 Å². The van der Waals surface area contributed by atoms with Crippen molar-refractivity contribution in [2.75, 3.05) is 6.61 Å². The lowest BCUT2D eigenvalue weighted by molar-refractivity contribution is 0.0532. The molecule has 1 heterocycles. The number of benzene rings is 1. The van der Waals surface area contributed by atoms with E-state index in [-0.39, 0.29) is 16.4 Å². The summed E-state index contributed by atoms with van der Waals surface area (Å²) >= 11 is 12.7. The van der Waals surface area contributed by atoms with Crippen LogP contribution in [0.15, 0.2) is 23.0 Å². The van der Waals surface area contributed by atoms with Gasteiger partial charge >= 0.3 is 10.8 Å². The Labute approximate surface area is 122 Å². The predicted octanol–water partition coefficient (Wildman–Crippen LogP) is 3.59. The fourth-order valence-corrected chi connectivity index (χ4v) is 2.80. The molecule has 0 fully saturated rings. The number of ether oxygens (including phenoxy) is 1. The lowest BCUT2D eigenvalue weighted by Crippen LogP contribution is -2.04. The van der Waals surface area contributed by atoms with Gasteiger partial charge in [-0.1, -0.05) is 34.5 Å². The Kier molecular flexibility index (Phi) is 4.29. The van der Waals surface area contributed by atoms with E-state index in [1.807, 2.05) is 0 Å². The minimum Gasteiger partial charge on any atom is -0.462 e. The van der Waals surface area contributed by atoms with E-state index < -0.39 is 5.97 Å². The van der Waals surface area contributed by atoms with Crippen LogP contribution in [-0.4, -0.2) is 17.6 Å². The number of hydrogen-bond acceptors (Lipinski definition) is 4. The van der Waals surface area contributed by atoms with Gasteiger partial charge in [0, 0.05) is 10.6 Å². The quantitative estimate of drug-likeness (QED) is 0.880. The summed E-state index contributed by atoms with van der Waals surface area (Å²) in [5.41, 5.74) is 0.891. The van der Waals surface area contributed by atoms with Crippen molar-refractivity contribution >= 4 is 40.5 Å². The monoisotopic (exact) mass is 317 g/mol. The van der Waals surface area contributed by atoms with Crippen LogP contribution in [0, 0.1) is 0 Å². The lowest BCUT2D eigenvalue weighted by Gasteiger charge is -2.05. The van der Waals surface area contributed by atoms with Gasteiger partial charge < -0.3 is 9.72 Å². The minimum atomic E-state index is -0.549. The van der Waals surface area contributed by atoms with Crippen LogP contribution in [0.3, 0.4) is 0 Å². The van der Waals surface area contributed by atoms with Crippen LogP contribution in [0.4, 0.5) is 0 Å². The van der Waals surface area contributed by atoms with E-state index in [4.69, 9.17) is 27.9 Å². The molecular formula is C12H9Cl2NO3S. The Morgan fingerprint density at radius 3 is 2.79 bits per heavy atom. The first-order chi connectivity index (χ1) is 9.02. The van der Waals surface area contributed by atoms with E-state index in [0.717, 1.165) is 11.3 Å². The number of carbonyl (C=O) groups is 1. The highest BCUT2D eigenvalue weighted by Crippen LogP contribution is 2.32. The zero-order chi connectivity index (χ0) is 14.0. The van der Waals surface area contributed by atoms with Gasteiger partial charge in [0.05, 0.1) is 17.3 Å². The summed E-state index contributed by atoms with van der Waals surface area (Å²) in [6.45, 7) is 1.93. The molecule has 1 aromatic heterocycles. The molecule has 0 atom stereocenters. The summed E-state index contributed by atoms with van der Waals surface area (Å²) < 4.78 is 4.91. The van der Waals surface area contributed by atoms with E-state index in [1.54, 1.807) is 25.1 Å². The third-order valence-corrected chi connectivity index (χ3v) is 3.72. The number of nitrogens with one attached hydrogen (secondary N) is 1. The molecule has 2 rings (SSSR count). The third-order valence-electron chi connectivity index (χ3n) is 2.31. The van der Waals surface area contributed by atoms with Gasteiger partial charge in [-0.15, -0.1) is 0 Å². The first kappa shape index (κ1) is 14.1. The van der Waals surface area contributed by atoms with Crippen molar-refractivity contribution in [1.82, 2.24) is 4.98 Å². The largest absolute Gasteiger partial charge is 0.462 e. The first-order valence-corrected chi connectivity index (χ1v) is 6.95. The summed E-state index contributed by atoms with van der Waals surface area (Å²) in [5.74, 6) is -0.549. The lowest BCUT2D eigenvalue weighted by atomic mass is 10.1. The van der Waals surface area contributed by atoms with Gasteiger partial charge in [0.2, 0.25) is 0 Å². The summed E-state index contributed by atoms with van der Waals surface area (Å²) in [4.78, 5) is 25.7. The Morgan fingerprint density at radius 1 is 1.42 bits per heavy atom. The number of esters is 1. The summed E-state index contributed by atoms with van der Waals surface area (Å²) in [7, 11) is 0. The Morgan fingerprint density at radius 2 is 2.16 bits per heavy atom. The topological polar surface area (TPSA) is 59.2 Å². The molecule has 0 unspecified atom stereocenters. The SMILES string of the molecule is CCOC(=O)c1sc(=O)[nH]c1-c1ccc(Cl)cc1Cl. The molecule has 1 aromatic carbocycles. The molecule has 0 bridgehead atoms. The number of thiazole rings is 1. The van der Waals surface area contributed by atoms with E-state index in [0.29, 0.717) is 21.3 Å². The Bertz CT molecular complexity index is 678. The van der Waals surface area contributed by atoms with Crippen molar-refractivity contribution in [2.24, 2.45) is 0 Å². The molecule has 0 aliphatic rings. The Balaban J connectivity index is 2.56. The normalized spacial score (nSPS) is 10.5. The number of aromatic nitrogens is 1. The van der Waals surface area contributed by atoms with Gasteiger partial charge in [0.25, 0.3) is 0 Å². The van der Waals surface area contributed by atoms with Crippen LogP contribution < -0.4 is 4.87 Å². The predicted molar refractivity (Wildman–Crippen MR) is 76.4 cm³/mol. The van der Waals surface area contributed by atoms with E-state index in [2.05, 4.69) is 4.98 Å². The highest BCUT2D eigenvalue weighted by molar-refractivity contribution is 7.11. The average Bonchev–Trinajstić information content (AvgIpc) is 2.71. The molecule has 0 aliphatic carbocycles. The molecule has 0 saturated carbocycles. The second-order valence-electron chi connectivity index (χ2n) is 3.56. The molecule has 1 N–H and O–H groups in total. The Hall–Kier alpha value is -1.30. The van der Waals surface area contributed by atoms with Crippen LogP contribution >= 0.6 is 34.5 Å². The van der Waals surface area contributed by atoms with Crippen molar-refractivity contribution in [2.45, 2.75) is 6.92 Å². The first-order valence-electron chi connectivity index (χ1n) is 5.38. The second-order valence-corrected chi connectivity index (χ2v) is 5.39. The van der Waals surface area contributed by atoms with Crippen molar-refractivity contribution in [3.63, 3.8) is 0 Å². The smallest absolute Gasteiger partial charge is 0.350 e. The summed E-state index contributed by atoms with van der Waals surface area (Å²) in [5, 5.41) is 0.830. The van der Waals surface area contributed by atoms with Crippen LogP contribution in [-0.2, 0) is 4.74 Å². The second kappa shape index (κ2) is 5.77. The van der Waals surface area contributed by atoms with Crippen molar-refractivity contribution in [3.05, 3.63) is 42.8 Å². The number of aromatic amines is 1. The fraction of sp³-hybridized carbons (Fsp3) is 0.167. The maximum atomic E-state index is 11.8. The molecule has 100 valence electrons. The molecule has 0 radical (unpaired) electrons. The molecule has 0 spiro atoms. The van der Waals surface area contributed by atoms with Gasteiger partial charge in [-0.3, -0.25) is 4.79 Å². The van der Waals surface area contributed by atoms with E-state index >= 15 is 0 Å². The molecule has 4 nitrogen and oxygen atoms in total. The number of H-pyrrole nitrogens is 1. The molecule has 2 aromatic rings. The number of halogens is 2. The third kappa shape index (κ3) is 3.00. The molecule has 0 amide bonds. The number of hydrogen-bond donors (Lipinski definition) is 1. The van der Waals surface area contributed by atoms with Gasteiger partial charge in [-0.05, 0) is 25.1 Å². The van der Waals surface area contributed by atoms with Gasteiger partial charge in [-0.2, -0.15) is 0 Å². The van der Waals surface area contributed by atoms with Crippen LogP contribution in [0.1, 0.15) is 16.6 Å². The van der Waals surface area contributed by atoms with Crippen molar-refractivity contribution in [3.8, 4) is 11.3 Å². The zero-order valence-corrected chi connectivity index (χ0v) is 12.2. The minimum absolute atomic E-state index is 0.205. The fourth-order valence-electron chi connectivity index (χ4n) is 1.55. The standard InChI is InChI=1S/C12H9Cl2NO3S/c1-2-18-11(16)10-9(15-12(17)19-10)7-4-3-6(13)5-8(7)14/h3-5H,2H2,1H3,(H,15,17). The molecule has 19 heavy (non-hydrogen) atoms. The van der Waals surface area contributed by atoms with Gasteiger partial charge in [-0.25, -0.2) is 4.79 Å². The summed E-state index contributed by atoms with van der Waals surface area (Å²) in [6.07, 6.45) is 0. The average molecular weight is 318 g/mol. The van der Waals surface area contributed by atoms with Crippen LogP contribution in [0.2, 0.25) is 10.0 Å². The highest BCUT2D eigenvalue weighted by atomic mass is 35.5.